The summed E-state index contributed by atoms with van der Waals surface area (Å²) in [5.41, 5.74) is 2.75. The summed E-state index contributed by atoms with van der Waals surface area (Å²) in [7, 11) is -4.02. The largest absolute Gasteiger partial charge is 0.360 e. The Hall–Kier alpha value is -2.54. The van der Waals surface area contributed by atoms with Gasteiger partial charge in [-0.25, -0.2) is 17.2 Å². The van der Waals surface area contributed by atoms with Crippen LogP contribution < -0.4 is 0 Å². The summed E-state index contributed by atoms with van der Waals surface area (Å²) in [6, 6.07) is 9.41. The summed E-state index contributed by atoms with van der Waals surface area (Å²) < 4.78 is 56.8. The lowest BCUT2D eigenvalue weighted by Crippen LogP contribution is -2.05. The number of nitrogens with zero attached hydrogens (tertiary/aromatic N) is 1. The molecule has 0 atom stereocenters. The highest BCUT2D eigenvalue weighted by molar-refractivity contribution is 7.90. The van der Waals surface area contributed by atoms with Gasteiger partial charge in [0.1, 0.15) is 28.0 Å². The monoisotopic (exact) mass is 363 g/mol. The minimum atomic E-state index is -4.02. The Bertz CT molecular complexity index is 1050. The average Bonchev–Trinajstić information content (AvgIpc) is 2.86. The van der Waals surface area contributed by atoms with Gasteiger partial charge >= 0.3 is 0 Å². The Morgan fingerprint density at radius 2 is 1.64 bits per heavy atom. The summed E-state index contributed by atoms with van der Waals surface area (Å²) in [5.74, 6) is -1.91. The van der Waals surface area contributed by atoms with Crippen molar-refractivity contribution in [2.24, 2.45) is 0 Å². The van der Waals surface area contributed by atoms with Crippen LogP contribution in [-0.2, 0) is 9.84 Å². The Labute approximate surface area is 144 Å². The number of sulfone groups is 1. The van der Waals surface area contributed by atoms with Crippen LogP contribution in [0.25, 0.3) is 22.4 Å². The van der Waals surface area contributed by atoms with Crippen molar-refractivity contribution in [3.05, 3.63) is 59.4 Å². The molecule has 0 radical (unpaired) electrons. The summed E-state index contributed by atoms with van der Waals surface area (Å²) >= 11 is 0. The number of halogens is 2. The lowest BCUT2D eigenvalue weighted by atomic mass is 9.98. The molecule has 2 aromatic carbocycles. The SMILES string of the molecule is Cc1cccc(-c2noc(C)c2-c2cc(F)c(S(C)(=O)=O)c(F)c2)c1. The first kappa shape index (κ1) is 17.3. The second kappa shape index (κ2) is 6.07. The molecule has 7 heteroatoms. The maximum atomic E-state index is 14.3. The van der Waals surface area contributed by atoms with Crippen molar-refractivity contribution in [1.82, 2.24) is 5.16 Å². The third-order valence-corrected chi connectivity index (χ3v) is 4.94. The maximum absolute atomic E-state index is 14.3. The number of aryl methyl sites for hydroxylation is 2. The lowest BCUT2D eigenvalue weighted by Gasteiger charge is -2.08. The summed E-state index contributed by atoms with van der Waals surface area (Å²) in [4.78, 5) is -0.942. The van der Waals surface area contributed by atoms with Gasteiger partial charge in [0, 0.05) is 11.8 Å². The van der Waals surface area contributed by atoms with E-state index in [9.17, 15) is 17.2 Å². The quantitative estimate of drug-likeness (QED) is 0.696. The van der Waals surface area contributed by atoms with E-state index >= 15 is 0 Å². The standard InChI is InChI=1S/C18H15F2NO3S/c1-10-5-4-6-12(7-10)17-16(11(2)24-21-17)13-8-14(19)18(15(20)9-13)25(3,22)23/h4-9H,1-3H3. The second-order valence-electron chi connectivity index (χ2n) is 5.87. The molecule has 3 rings (SSSR count). The highest BCUT2D eigenvalue weighted by atomic mass is 32.2. The van der Waals surface area contributed by atoms with E-state index in [4.69, 9.17) is 4.52 Å². The van der Waals surface area contributed by atoms with Gasteiger partial charge in [0.15, 0.2) is 9.84 Å². The smallest absolute Gasteiger partial charge is 0.181 e. The second-order valence-corrected chi connectivity index (χ2v) is 7.83. The molecule has 1 aromatic heterocycles. The molecule has 1 heterocycles. The summed E-state index contributed by atoms with van der Waals surface area (Å²) in [6.07, 6.45) is 0.761. The first-order chi connectivity index (χ1) is 11.7. The van der Waals surface area contributed by atoms with Crippen molar-refractivity contribution >= 4 is 9.84 Å². The van der Waals surface area contributed by atoms with E-state index in [1.54, 1.807) is 6.92 Å². The topological polar surface area (TPSA) is 60.2 Å². The van der Waals surface area contributed by atoms with Crippen molar-refractivity contribution in [3.8, 4) is 22.4 Å². The zero-order valence-electron chi connectivity index (χ0n) is 13.8. The molecular weight excluding hydrogens is 348 g/mol. The maximum Gasteiger partial charge on any atom is 0.181 e. The van der Waals surface area contributed by atoms with Crippen molar-refractivity contribution < 1.29 is 21.7 Å². The molecule has 130 valence electrons. The van der Waals surface area contributed by atoms with Gasteiger partial charge < -0.3 is 4.52 Å². The Kier molecular flexibility index (Phi) is 4.20. The fraction of sp³-hybridized carbons (Fsp3) is 0.167. The van der Waals surface area contributed by atoms with Crippen LogP contribution in [-0.4, -0.2) is 19.8 Å². The Morgan fingerprint density at radius 1 is 1.00 bits per heavy atom. The number of aromatic nitrogens is 1. The first-order valence-electron chi connectivity index (χ1n) is 7.41. The molecule has 0 saturated heterocycles. The van der Waals surface area contributed by atoms with Gasteiger partial charge in [-0.15, -0.1) is 0 Å². The molecule has 0 saturated carbocycles. The highest BCUT2D eigenvalue weighted by Crippen LogP contribution is 2.36. The van der Waals surface area contributed by atoms with Crippen molar-refractivity contribution in [2.45, 2.75) is 18.7 Å². The van der Waals surface area contributed by atoms with Gasteiger partial charge in [0.2, 0.25) is 0 Å². The molecule has 0 N–H and O–H groups in total. The van der Waals surface area contributed by atoms with E-state index in [1.165, 1.54) is 0 Å². The molecule has 0 bridgehead atoms. The molecular formula is C18H15F2NO3S. The Balaban J connectivity index is 2.24. The third kappa shape index (κ3) is 3.19. The minimum Gasteiger partial charge on any atom is -0.360 e. The van der Waals surface area contributed by atoms with Gasteiger partial charge in [0.05, 0.1) is 5.56 Å². The highest BCUT2D eigenvalue weighted by Gasteiger charge is 2.24. The van der Waals surface area contributed by atoms with Gasteiger partial charge in [-0.3, -0.25) is 0 Å². The van der Waals surface area contributed by atoms with Crippen molar-refractivity contribution in [1.29, 1.82) is 0 Å². The lowest BCUT2D eigenvalue weighted by molar-refractivity contribution is 0.400. The van der Waals surface area contributed by atoms with Crippen LogP contribution in [0, 0.1) is 25.5 Å². The summed E-state index contributed by atoms with van der Waals surface area (Å²) in [6.45, 7) is 3.54. The zero-order valence-corrected chi connectivity index (χ0v) is 14.6. The van der Waals surface area contributed by atoms with E-state index in [2.05, 4.69) is 5.16 Å². The zero-order chi connectivity index (χ0) is 18.4. The van der Waals surface area contributed by atoms with Crippen LogP contribution in [0.5, 0.6) is 0 Å². The number of hydrogen-bond donors (Lipinski definition) is 0. The molecule has 0 aliphatic carbocycles. The summed E-state index contributed by atoms with van der Waals surface area (Å²) in [5, 5.41) is 4.00. The van der Waals surface area contributed by atoms with E-state index in [-0.39, 0.29) is 5.56 Å². The molecule has 0 unspecified atom stereocenters. The van der Waals surface area contributed by atoms with Crippen molar-refractivity contribution in [2.75, 3.05) is 6.26 Å². The van der Waals surface area contributed by atoms with Crippen LogP contribution >= 0.6 is 0 Å². The fourth-order valence-corrected chi connectivity index (χ4v) is 3.59. The molecule has 0 fully saturated rings. The molecule has 25 heavy (non-hydrogen) atoms. The molecule has 0 aliphatic heterocycles. The molecule has 3 aromatic rings. The molecule has 0 aliphatic rings. The number of rotatable bonds is 3. The third-order valence-electron chi connectivity index (χ3n) is 3.81. The first-order valence-corrected chi connectivity index (χ1v) is 9.30. The van der Waals surface area contributed by atoms with Crippen LogP contribution in [0.1, 0.15) is 11.3 Å². The average molecular weight is 363 g/mol. The van der Waals surface area contributed by atoms with Gasteiger partial charge in [-0.05, 0) is 37.6 Å². The fourth-order valence-electron chi connectivity index (χ4n) is 2.76. The predicted molar refractivity (Wildman–Crippen MR) is 89.9 cm³/mol. The van der Waals surface area contributed by atoms with Crippen molar-refractivity contribution in [3.63, 3.8) is 0 Å². The van der Waals surface area contributed by atoms with Gasteiger partial charge in [-0.1, -0.05) is 28.9 Å². The van der Waals surface area contributed by atoms with E-state index < -0.39 is 26.4 Å². The van der Waals surface area contributed by atoms with Crippen LogP contribution in [0.15, 0.2) is 45.8 Å². The van der Waals surface area contributed by atoms with Crippen LogP contribution in [0.4, 0.5) is 8.78 Å². The minimum absolute atomic E-state index is 0.164. The van der Waals surface area contributed by atoms with Crippen LogP contribution in [0.2, 0.25) is 0 Å². The molecule has 0 spiro atoms. The number of benzene rings is 2. The predicted octanol–water partition coefficient (Wildman–Crippen LogP) is 4.31. The van der Waals surface area contributed by atoms with E-state index in [0.717, 1.165) is 29.5 Å². The van der Waals surface area contributed by atoms with Crippen LogP contribution in [0.3, 0.4) is 0 Å². The normalized spacial score (nSPS) is 11.7. The van der Waals surface area contributed by atoms with E-state index in [1.807, 2.05) is 31.2 Å². The van der Waals surface area contributed by atoms with E-state index in [0.29, 0.717) is 17.0 Å². The molecule has 0 amide bonds. The van der Waals surface area contributed by atoms with Gasteiger partial charge in [-0.2, -0.15) is 0 Å². The number of hydrogen-bond acceptors (Lipinski definition) is 4. The van der Waals surface area contributed by atoms with Gasteiger partial charge in [0.25, 0.3) is 0 Å². The molecule has 4 nitrogen and oxygen atoms in total. The Morgan fingerprint density at radius 3 is 2.20 bits per heavy atom.